The number of aromatic nitrogens is 2. The number of H-pyrrole nitrogens is 1. The first-order chi connectivity index (χ1) is 8.16. The van der Waals surface area contributed by atoms with E-state index < -0.39 is 5.97 Å². The maximum absolute atomic E-state index is 10.6. The highest BCUT2D eigenvalue weighted by Gasteiger charge is 2.20. The molecule has 5 nitrogen and oxygen atoms in total. The van der Waals surface area contributed by atoms with Crippen molar-refractivity contribution < 1.29 is 14.6 Å². The number of aliphatic carboxylic acids is 1. The summed E-state index contributed by atoms with van der Waals surface area (Å²) in [5.74, 6) is 0.388. The van der Waals surface area contributed by atoms with Gasteiger partial charge in [0.1, 0.15) is 5.82 Å². The molecule has 1 aliphatic rings. The van der Waals surface area contributed by atoms with E-state index in [2.05, 4.69) is 9.97 Å². The Morgan fingerprint density at radius 2 is 2.35 bits per heavy atom. The lowest BCUT2D eigenvalue weighted by Gasteiger charge is -2.20. The third-order valence-electron chi connectivity index (χ3n) is 3.22. The average molecular weight is 238 g/mol. The number of nitrogens with zero attached hydrogens (tertiary/aromatic N) is 1. The third kappa shape index (κ3) is 3.06. The Morgan fingerprint density at radius 1 is 1.65 bits per heavy atom. The molecular formula is C12H18N2O3. The van der Waals surface area contributed by atoms with Gasteiger partial charge < -0.3 is 14.8 Å². The van der Waals surface area contributed by atoms with E-state index in [1.165, 1.54) is 0 Å². The van der Waals surface area contributed by atoms with E-state index in [0.717, 1.165) is 37.6 Å². The Morgan fingerprint density at radius 3 is 3.00 bits per heavy atom. The lowest BCUT2D eigenvalue weighted by molar-refractivity contribution is -0.137. The number of carbonyl (C=O) groups is 1. The second-order valence-corrected chi connectivity index (χ2v) is 4.61. The number of carboxylic acid groups (broad SMARTS) is 1. The van der Waals surface area contributed by atoms with Gasteiger partial charge in [0.2, 0.25) is 0 Å². The van der Waals surface area contributed by atoms with Crippen LogP contribution in [0.3, 0.4) is 0 Å². The summed E-state index contributed by atoms with van der Waals surface area (Å²) in [7, 11) is 0. The number of imidazole rings is 1. The first-order valence-corrected chi connectivity index (χ1v) is 6.01. The van der Waals surface area contributed by atoms with Crippen LogP contribution in [0.25, 0.3) is 0 Å². The second kappa shape index (κ2) is 5.31. The Balaban J connectivity index is 2.01. The minimum absolute atomic E-state index is 0.0684. The number of hydrogen-bond donors (Lipinski definition) is 2. The molecule has 2 rings (SSSR count). The molecule has 1 saturated heterocycles. The van der Waals surface area contributed by atoms with Crippen LogP contribution in [0.1, 0.15) is 49.5 Å². The topological polar surface area (TPSA) is 75.2 Å². The molecule has 1 aromatic heterocycles. The third-order valence-corrected chi connectivity index (χ3v) is 3.22. The first kappa shape index (κ1) is 12.1. The van der Waals surface area contributed by atoms with E-state index in [-0.39, 0.29) is 12.3 Å². The van der Waals surface area contributed by atoms with E-state index in [4.69, 9.17) is 9.84 Å². The van der Waals surface area contributed by atoms with E-state index in [0.29, 0.717) is 5.92 Å². The van der Waals surface area contributed by atoms with Crippen molar-refractivity contribution in [2.24, 2.45) is 0 Å². The zero-order chi connectivity index (χ0) is 12.3. The molecule has 0 saturated carbocycles. The number of carboxylic acids is 1. The van der Waals surface area contributed by atoms with E-state index in [1.54, 1.807) is 0 Å². The van der Waals surface area contributed by atoms with Gasteiger partial charge in [-0.25, -0.2) is 4.98 Å². The van der Waals surface area contributed by atoms with Gasteiger partial charge in [-0.3, -0.25) is 4.79 Å². The lowest BCUT2D eigenvalue weighted by Crippen LogP contribution is -2.14. The van der Waals surface area contributed by atoms with Crippen LogP contribution in [0.4, 0.5) is 0 Å². The van der Waals surface area contributed by atoms with Crippen molar-refractivity contribution in [2.75, 3.05) is 13.2 Å². The van der Waals surface area contributed by atoms with Crippen LogP contribution in [0.2, 0.25) is 0 Å². The van der Waals surface area contributed by atoms with E-state index >= 15 is 0 Å². The molecule has 0 bridgehead atoms. The van der Waals surface area contributed by atoms with Crippen LogP contribution in [-0.2, 0) is 9.53 Å². The summed E-state index contributed by atoms with van der Waals surface area (Å²) < 4.78 is 5.32. The van der Waals surface area contributed by atoms with Crippen molar-refractivity contribution in [2.45, 2.75) is 38.0 Å². The molecule has 1 atom stereocenters. The highest BCUT2D eigenvalue weighted by Crippen LogP contribution is 2.26. The Kier molecular flexibility index (Phi) is 3.78. The molecule has 0 aliphatic carbocycles. The van der Waals surface area contributed by atoms with Gasteiger partial charge in [0.05, 0.1) is 6.42 Å². The summed E-state index contributed by atoms with van der Waals surface area (Å²) in [6.45, 7) is 3.47. The van der Waals surface area contributed by atoms with Gasteiger partial charge in [-0.2, -0.15) is 0 Å². The van der Waals surface area contributed by atoms with Crippen LogP contribution >= 0.6 is 0 Å². The molecule has 2 N–H and O–H groups in total. The van der Waals surface area contributed by atoms with Crippen LogP contribution in [-0.4, -0.2) is 34.3 Å². The number of ether oxygens (including phenoxy) is 1. The smallest absolute Gasteiger partial charge is 0.304 e. The maximum atomic E-state index is 10.6. The molecule has 17 heavy (non-hydrogen) atoms. The quantitative estimate of drug-likeness (QED) is 0.839. The molecule has 2 heterocycles. The molecule has 0 spiro atoms. The minimum atomic E-state index is -0.790. The van der Waals surface area contributed by atoms with Gasteiger partial charge in [0.15, 0.2) is 0 Å². The van der Waals surface area contributed by atoms with Crippen molar-refractivity contribution in [1.29, 1.82) is 0 Å². The first-order valence-electron chi connectivity index (χ1n) is 6.01. The predicted molar refractivity (Wildman–Crippen MR) is 62.0 cm³/mol. The number of aromatic amines is 1. The molecule has 5 heteroatoms. The molecule has 0 radical (unpaired) electrons. The normalized spacial score (nSPS) is 19.1. The van der Waals surface area contributed by atoms with Gasteiger partial charge in [0.25, 0.3) is 0 Å². The predicted octanol–water partition coefficient (Wildman–Crippen LogP) is 1.88. The standard InChI is InChI=1S/C12H18N2O3/c1-8(6-11(15)16)12-13-7-10(14-12)9-2-4-17-5-3-9/h7-9H,2-6H2,1H3,(H,13,14)(H,15,16). The summed E-state index contributed by atoms with van der Waals surface area (Å²) in [6, 6.07) is 0. The van der Waals surface area contributed by atoms with Crippen molar-refractivity contribution in [3.8, 4) is 0 Å². The monoisotopic (exact) mass is 238 g/mol. The maximum Gasteiger partial charge on any atom is 0.304 e. The van der Waals surface area contributed by atoms with Gasteiger partial charge >= 0.3 is 5.97 Å². The fourth-order valence-corrected chi connectivity index (χ4v) is 2.18. The highest BCUT2D eigenvalue weighted by molar-refractivity contribution is 5.67. The number of nitrogens with one attached hydrogen (secondary N) is 1. The summed E-state index contributed by atoms with van der Waals surface area (Å²) in [4.78, 5) is 18.2. The summed E-state index contributed by atoms with van der Waals surface area (Å²) in [5.41, 5.74) is 1.11. The molecule has 94 valence electrons. The van der Waals surface area contributed by atoms with Crippen LogP contribution in [0.5, 0.6) is 0 Å². The Labute approximate surface area is 100 Å². The fourth-order valence-electron chi connectivity index (χ4n) is 2.18. The molecule has 0 aromatic carbocycles. The van der Waals surface area contributed by atoms with Crippen LogP contribution < -0.4 is 0 Å². The summed E-state index contributed by atoms with van der Waals surface area (Å²) in [6.07, 6.45) is 3.97. The van der Waals surface area contributed by atoms with Crippen molar-refractivity contribution >= 4 is 5.97 Å². The van der Waals surface area contributed by atoms with Crippen LogP contribution in [0, 0.1) is 0 Å². The number of rotatable bonds is 4. The summed E-state index contributed by atoms with van der Waals surface area (Å²) in [5, 5.41) is 8.74. The molecular weight excluding hydrogens is 220 g/mol. The van der Waals surface area contributed by atoms with Crippen molar-refractivity contribution in [3.63, 3.8) is 0 Å². The molecule has 1 aliphatic heterocycles. The Bertz CT molecular complexity index is 383. The summed E-state index contributed by atoms with van der Waals surface area (Å²) >= 11 is 0. The zero-order valence-corrected chi connectivity index (χ0v) is 9.98. The van der Waals surface area contributed by atoms with Crippen molar-refractivity contribution in [1.82, 2.24) is 9.97 Å². The average Bonchev–Trinajstić information content (AvgIpc) is 2.78. The highest BCUT2D eigenvalue weighted by atomic mass is 16.5. The minimum Gasteiger partial charge on any atom is -0.481 e. The molecule has 1 aromatic rings. The van der Waals surface area contributed by atoms with Gasteiger partial charge in [-0.05, 0) is 12.8 Å². The van der Waals surface area contributed by atoms with Crippen molar-refractivity contribution in [3.05, 3.63) is 17.7 Å². The molecule has 0 amide bonds. The SMILES string of the molecule is CC(CC(=O)O)c1ncc(C2CCOCC2)[nH]1. The number of hydrogen-bond acceptors (Lipinski definition) is 3. The second-order valence-electron chi connectivity index (χ2n) is 4.61. The zero-order valence-electron chi connectivity index (χ0n) is 9.98. The van der Waals surface area contributed by atoms with E-state index in [1.807, 2.05) is 13.1 Å². The molecule has 1 unspecified atom stereocenters. The largest absolute Gasteiger partial charge is 0.481 e. The van der Waals surface area contributed by atoms with Crippen LogP contribution in [0.15, 0.2) is 6.20 Å². The van der Waals surface area contributed by atoms with E-state index in [9.17, 15) is 4.79 Å². The van der Waals surface area contributed by atoms with Gasteiger partial charge in [-0.15, -0.1) is 0 Å². The lowest BCUT2D eigenvalue weighted by atomic mass is 9.97. The van der Waals surface area contributed by atoms with Gasteiger partial charge in [-0.1, -0.05) is 6.92 Å². The van der Waals surface area contributed by atoms with Gasteiger partial charge in [0, 0.05) is 36.9 Å². The fraction of sp³-hybridized carbons (Fsp3) is 0.667. The molecule has 1 fully saturated rings. The Hall–Kier alpha value is -1.36.